The van der Waals surface area contributed by atoms with Gasteiger partial charge in [-0.15, -0.1) is 11.8 Å². The zero-order chi connectivity index (χ0) is 24.0. The van der Waals surface area contributed by atoms with Crippen LogP contribution >= 0.6 is 11.8 Å². The summed E-state index contributed by atoms with van der Waals surface area (Å²) in [5.41, 5.74) is 1.07. The topological polar surface area (TPSA) is 84.8 Å². The molecule has 0 saturated carbocycles. The van der Waals surface area contributed by atoms with Gasteiger partial charge < -0.3 is 19.5 Å². The summed E-state index contributed by atoms with van der Waals surface area (Å²) in [7, 11) is 0. The zero-order valence-corrected chi connectivity index (χ0v) is 20.0. The van der Waals surface area contributed by atoms with Crippen LogP contribution in [0.3, 0.4) is 0 Å². The highest BCUT2D eigenvalue weighted by Gasteiger charge is 2.28. The first-order valence-corrected chi connectivity index (χ1v) is 11.8. The average Bonchev–Trinajstić information content (AvgIpc) is 3.34. The maximum Gasteiger partial charge on any atom is 0.319 e. The van der Waals surface area contributed by atoms with E-state index in [9.17, 15) is 9.90 Å². The van der Waals surface area contributed by atoms with E-state index in [4.69, 9.17) is 9.47 Å². The molecule has 8 heteroatoms. The summed E-state index contributed by atoms with van der Waals surface area (Å²) < 4.78 is 10.8. The summed E-state index contributed by atoms with van der Waals surface area (Å²) in [6.07, 6.45) is 4.50. The Balaban J connectivity index is 1.52. The number of benzene rings is 2. The van der Waals surface area contributed by atoms with Gasteiger partial charge in [0.2, 0.25) is 5.88 Å². The van der Waals surface area contributed by atoms with Crippen molar-refractivity contribution in [3.05, 3.63) is 84.4 Å². The molecule has 0 aliphatic carbocycles. The minimum absolute atomic E-state index is 0.463. The van der Waals surface area contributed by atoms with E-state index in [2.05, 4.69) is 20.9 Å². The van der Waals surface area contributed by atoms with Gasteiger partial charge in [0.15, 0.2) is 0 Å². The van der Waals surface area contributed by atoms with E-state index in [0.717, 1.165) is 28.5 Å². The van der Waals surface area contributed by atoms with Crippen molar-refractivity contribution in [2.75, 3.05) is 18.1 Å². The van der Waals surface area contributed by atoms with Crippen LogP contribution in [0.2, 0.25) is 0 Å². The minimum Gasteiger partial charge on any atom is -0.496 e. The van der Waals surface area contributed by atoms with Crippen molar-refractivity contribution in [1.29, 1.82) is 0 Å². The zero-order valence-electron chi connectivity index (χ0n) is 19.2. The predicted octanol–water partition coefficient (Wildman–Crippen LogP) is 5.54. The van der Waals surface area contributed by atoms with E-state index in [0.29, 0.717) is 31.3 Å². The van der Waals surface area contributed by atoms with Crippen molar-refractivity contribution in [1.82, 2.24) is 9.97 Å². The summed E-state index contributed by atoms with van der Waals surface area (Å²) >= 11 is 1.33. The van der Waals surface area contributed by atoms with Crippen molar-refractivity contribution in [3.8, 4) is 11.6 Å². The van der Waals surface area contributed by atoms with Crippen molar-refractivity contribution >= 4 is 23.5 Å². The van der Waals surface area contributed by atoms with Crippen LogP contribution in [0.4, 0.5) is 5.82 Å². The molecule has 1 aromatic heterocycles. The quantitative estimate of drug-likeness (QED) is 0.381. The van der Waals surface area contributed by atoms with Crippen molar-refractivity contribution in [3.63, 3.8) is 0 Å². The molecule has 0 saturated heterocycles. The smallest absolute Gasteiger partial charge is 0.319 e. The maximum atomic E-state index is 11.4. The molecule has 0 fully saturated rings. The summed E-state index contributed by atoms with van der Waals surface area (Å²) in [6, 6.07) is 19.3. The lowest BCUT2D eigenvalue weighted by atomic mass is 10.2. The van der Waals surface area contributed by atoms with E-state index in [1.165, 1.54) is 18.1 Å². The number of hydrogen-bond donors (Lipinski definition) is 1. The van der Waals surface area contributed by atoms with Gasteiger partial charge in [-0.05, 0) is 49.8 Å². The first kappa shape index (κ1) is 23.6. The summed E-state index contributed by atoms with van der Waals surface area (Å²) in [5.74, 6) is 1.97. The highest BCUT2D eigenvalue weighted by atomic mass is 32.2. The summed E-state index contributed by atoms with van der Waals surface area (Å²) in [6.45, 7) is 5.27. The fourth-order valence-electron chi connectivity index (χ4n) is 3.37. The van der Waals surface area contributed by atoms with E-state index in [1.807, 2.05) is 60.7 Å². The molecule has 0 radical (unpaired) electrons. The Bertz CT molecular complexity index is 1150. The third-order valence-electron chi connectivity index (χ3n) is 5.23. The Morgan fingerprint density at radius 3 is 2.56 bits per heavy atom. The minimum atomic E-state index is -0.893. The molecule has 2 aromatic carbocycles. The Morgan fingerprint density at radius 2 is 1.88 bits per heavy atom. The van der Waals surface area contributed by atoms with E-state index in [1.54, 1.807) is 13.8 Å². The van der Waals surface area contributed by atoms with Crippen molar-refractivity contribution in [2.45, 2.75) is 36.5 Å². The lowest BCUT2D eigenvalue weighted by molar-refractivity contribution is -0.138. The highest BCUT2D eigenvalue weighted by molar-refractivity contribution is 8.01. The fraction of sp³-hybridized carbons (Fsp3) is 0.269. The molecule has 176 valence electrons. The monoisotopic (exact) mass is 477 g/mol. The molecule has 0 bridgehead atoms. The average molecular weight is 478 g/mol. The number of hydrogen-bond acceptors (Lipinski definition) is 7. The number of carboxylic acids is 1. The highest BCUT2D eigenvalue weighted by Crippen LogP contribution is 2.33. The maximum absolute atomic E-state index is 11.4. The van der Waals surface area contributed by atoms with E-state index >= 15 is 0 Å². The van der Waals surface area contributed by atoms with Crippen LogP contribution in [-0.2, 0) is 16.1 Å². The number of thioether (sulfide) groups is 1. The lowest BCUT2D eigenvalue weighted by Crippen LogP contribution is -2.27. The molecule has 1 N–H and O–H groups in total. The molecule has 0 atom stereocenters. The van der Waals surface area contributed by atoms with Gasteiger partial charge in [0.1, 0.15) is 28.4 Å². The Kier molecular flexibility index (Phi) is 7.37. The van der Waals surface area contributed by atoms with Crippen LogP contribution in [0.25, 0.3) is 0 Å². The van der Waals surface area contributed by atoms with Gasteiger partial charge in [0.25, 0.3) is 0 Å². The number of ether oxygens (including phenoxy) is 2. The lowest BCUT2D eigenvalue weighted by Gasteiger charge is -2.24. The molecule has 7 nitrogen and oxygen atoms in total. The molecule has 1 aliphatic heterocycles. The molecule has 0 spiro atoms. The normalized spacial score (nSPS) is 13.2. The Morgan fingerprint density at radius 1 is 1.12 bits per heavy atom. The van der Waals surface area contributed by atoms with Crippen LogP contribution in [0, 0.1) is 0 Å². The number of nitrogens with zero attached hydrogens (tertiary/aromatic N) is 3. The third kappa shape index (κ3) is 6.29. The molecule has 2 heterocycles. The van der Waals surface area contributed by atoms with Gasteiger partial charge in [-0.25, -0.2) is 9.97 Å². The second-order valence-corrected chi connectivity index (χ2v) is 10.1. The molecule has 0 unspecified atom stereocenters. The molecule has 3 aromatic rings. The number of rotatable bonds is 10. The van der Waals surface area contributed by atoms with Crippen LogP contribution in [0.5, 0.6) is 11.6 Å². The molecule has 0 amide bonds. The number of aromatic nitrogens is 2. The molecule has 1 aliphatic rings. The summed E-state index contributed by atoms with van der Waals surface area (Å²) in [5, 5.41) is 9.39. The Labute approximate surface area is 203 Å². The van der Waals surface area contributed by atoms with Crippen LogP contribution in [0.1, 0.15) is 25.8 Å². The van der Waals surface area contributed by atoms with Gasteiger partial charge in [0.05, 0.1) is 13.2 Å². The number of carbonyl (C=O) groups is 1. The van der Waals surface area contributed by atoms with E-state index in [-0.39, 0.29) is 0 Å². The number of aliphatic carboxylic acids is 1. The number of para-hydroxylation sites is 1. The number of anilines is 1. The fourth-order valence-corrected chi connectivity index (χ4v) is 4.32. The second kappa shape index (κ2) is 10.6. The Hall–Kier alpha value is -3.52. The third-order valence-corrected chi connectivity index (χ3v) is 6.42. The first-order valence-electron chi connectivity index (χ1n) is 11.0. The molecule has 34 heavy (non-hydrogen) atoms. The van der Waals surface area contributed by atoms with Crippen molar-refractivity contribution in [2.24, 2.45) is 0 Å². The molecular weight excluding hydrogens is 450 g/mol. The molecular formula is C26H27N3O4S. The first-order chi connectivity index (χ1) is 16.4. The van der Waals surface area contributed by atoms with E-state index < -0.39 is 10.7 Å². The van der Waals surface area contributed by atoms with Crippen LogP contribution < -0.4 is 9.64 Å². The van der Waals surface area contributed by atoms with Crippen LogP contribution in [0.15, 0.2) is 83.7 Å². The number of carboxylic acid groups (broad SMARTS) is 1. The van der Waals surface area contributed by atoms with Gasteiger partial charge in [0, 0.05) is 23.9 Å². The van der Waals surface area contributed by atoms with Crippen molar-refractivity contribution < 1.29 is 19.4 Å². The summed E-state index contributed by atoms with van der Waals surface area (Å²) in [4.78, 5) is 23.2. The van der Waals surface area contributed by atoms with Gasteiger partial charge >= 0.3 is 5.97 Å². The van der Waals surface area contributed by atoms with Gasteiger partial charge in [-0.3, -0.25) is 4.79 Å². The second-order valence-electron chi connectivity index (χ2n) is 8.35. The molecule has 4 rings (SSSR count). The predicted molar refractivity (Wildman–Crippen MR) is 132 cm³/mol. The van der Waals surface area contributed by atoms with Gasteiger partial charge in [-0.1, -0.05) is 30.3 Å². The van der Waals surface area contributed by atoms with Crippen LogP contribution in [-0.4, -0.2) is 38.9 Å². The largest absolute Gasteiger partial charge is 0.496 e. The standard InChI is InChI=1S/C26H27N3O4S/c1-26(2,25(30)31)34-22-12-10-19(11-13-22)16-29(17-21-9-6-14-32-21)23-15-24(28-18-27-23)33-20-7-4-3-5-8-20/h3-5,7-13,15,18H,6,14,16-17H2,1-2H3,(H,30,31). The van der Waals surface area contributed by atoms with Gasteiger partial charge in [-0.2, -0.15) is 0 Å². The SMILES string of the molecule is CC(C)(Sc1ccc(CN(CC2=CCCO2)c2cc(Oc3ccccc3)ncn2)cc1)C(=O)O.